The lowest BCUT2D eigenvalue weighted by atomic mass is 9.78. The number of anilines is 2. The van der Waals surface area contributed by atoms with Gasteiger partial charge in [-0.05, 0) is 25.7 Å². The number of hydrogen-bond donors (Lipinski definition) is 2. The van der Waals surface area contributed by atoms with E-state index in [2.05, 4.69) is 20.1 Å². The number of nitrogens with zero attached hydrogens (tertiary/aromatic N) is 5. The van der Waals surface area contributed by atoms with Crippen molar-refractivity contribution in [1.82, 2.24) is 20.1 Å². The van der Waals surface area contributed by atoms with Gasteiger partial charge >= 0.3 is 0 Å². The minimum Gasteiger partial charge on any atom is -0.368 e. The van der Waals surface area contributed by atoms with E-state index in [0.29, 0.717) is 24.2 Å². The molecule has 24 heavy (non-hydrogen) atoms. The van der Waals surface area contributed by atoms with E-state index in [1.807, 2.05) is 18.0 Å². The first-order valence-corrected chi connectivity index (χ1v) is 8.52. The van der Waals surface area contributed by atoms with Gasteiger partial charge in [0.25, 0.3) is 0 Å². The third kappa shape index (κ3) is 2.93. The molecule has 0 amide bonds. The Bertz CT molecular complexity index is 721. The second-order valence-corrected chi connectivity index (χ2v) is 6.97. The molecule has 0 radical (unpaired) electrons. The van der Waals surface area contributed by atoms with Gasteiger partial charge in [0.15, 0.2) is 5.82 Å². The molecule has 2 aliphatic rings. The lowest BCUT2D eigenvalue weighted by Gasteiger charge is -2.32. The number of aromatic nitrogens is 4. The first kappa shape index (κ1) is 15.3. The quantitative estimate of drug-likeness (QED) is 0.847. The smallest absolute Gasteiger partial charge is 0.229 e. The van der Waals surface area contributed by atoms with Crippen LogP contribution in [-0.4, -0.2) is 33.2 Å². The summed E-state index contributed by atoms with van der Waals surface area (Å²) in [6, 6.07) is 2.26. The highest BCUT2D eigenvalue weighted by atomic mass is 16.5. The minimum absolute atomic E-state index is 0.275. The molecular weight excluding hydrogens is 306 g/mol. The molecule has 2 saturated carbocycles. The maximum Gasteiger partial charge on any atom is 0.229 e. The van der Waals surface area contributed by atoms with E-state index in [4.69, 9.17) is 16.0 Å². The summed E-state index contributed by atoms with van der Waals surface area (Å²) in [5.41, 5.74) is 12.7. The Kier molecular flexibility index (Phi) is 3.84. The molecule has 0 aromatic carbocycles. The lowest BCUT2D eigenvalue weighted by molar-refractivity contribution is 0.291. The molecule has 2 heterocycles. The van der Waals surface area contributed by atoms with Crippen LogP contribution in [0.3, 0.4) is 0 Å². The van der Waals surface area contributed by atoms with Crippen molar-refractivity contribution in [3.05, 3.63) is 23.5 Å². The van der Waals surface area contributed by atoms with Gasteiger partial charge in [-0.2, -0.15) is 9.97 Å². The van der Waals surface area contributed by atoms with E-state index in [9.17, 15) is 0 Å². The average Bonchev–Trinajstić information content (AvgIpc) is 2.89. The van der Waals surface area contributed by atoms with Crippen LogP contribution in [0.15, 0.2) is 10.6 Å². The molecule has 0 spiro atoms. The van der Waals surface area contributed by atoms with Crippen LogP contribution in [-0.2, 0) is 6.54 Å². The van der Waals surface area contributed by atoms with Gasteiger partial charge < -0.3 is 20.9 Å². The highest BCUT2D eigenvalue weighted by molar-refractivity contribution is 5.44. The zero-order chi connectivity index (χ0) is 16.7. The fourth-order valence-corrected chi connectivity index (χ4v) is 3.23. The van der Waals surface area contributed by atoms with Gasteiger partial charge in [0.1, 0.15) is 5.82 Å². The van der Waals surface area contributed by atoms with Crippen molar-refractivity contribution in [3.8, 4) is 0 Å². The molecule has 0 saturated heterocycles. The van der Waals surface area contributed by atoms with Crippen molar-refractivity contribution in [2.45, 2.75) is 56.5 Å². The predicted octanol–water partition coefficient (Wildman–Crippen LogP) is 1.55. The fourth-order valence-electron chi connectivity index (χ4n) is 3.23. The van der Waals surface area contributed by atoms with Crippen LogP contribution >= 0.6 is 0 Å². The van der Waals surface area contributed by atoms with Crippen LogP contribution in [0, 0.1) is 0 Å². The highest BCUT2D eigenvalue weighted by Gasteiger charge is 2.29. The SMILES string of the molecule is CN(Cc1noc(C2CCC2)n1)c1cc(C2CC(N)C2)nc(N)n1. The van der Waals surface area contributed by atoms with Crippen LogP contribution in [0.4, 0.5) is 11.8 Å². The van der Waals surface area contributed by atoms with Crippen molar-refractivity contribution in [1.29, 1.82) is 0 Å². The van der Waals surface area contributed by atoms with E-state index in [-0.39, 0.29) is 12.0 Å². The second-order valence-electron chi connectivity index (χ2n) is 6.97. The summed E-state index contributed by atoms with van der Waals surface area (Å²) in [6.45, 7) is 0.524. The maximum atomic E-state index is 5.88. The van der Waals surface area contributed by atoms with Crippen molar-refractivity contribution >= 4 is 11.8 Å². The van der Waals surface area contributed by atoms with E-state index in [1.54, 1.807) is 0 Å². The van der Waals surface area contributed by atoms with Gasteiger partial charge in [-0.15, -0.1) is 0 Å². The Morgan fingerprint density at radius 1 is 1.21 bits per heavy atom. The normalized spacial score (nSPS) is 23.6. The van der Waals surface area contributed by atoms with Crippen LogP contribution in [0.5, 0.6) is 0 Å². The molecule has 4 N–H and O–H groups in total. The number of nitrogens with two attached hydrogens (primary N) is 2. The molecule has 0 unspecified atom stereocenters. The molecule has 4 rings (SSSR count). The Morgan fingerprint density at radius 2 is 2.00 bits per heavy atom. The van der Waals surface area contributed by atoms with Gasteiger partial charge in [0.2, 0.25) is 11.8 Å². The van der Waals surface area contributed by atoms with E-state index in [1.165, 1.54) is 6.42 Å². The summed E-state index contributed by atoms with van der Waals surface area (Å²) in [5, 5.41) is 4.08. The monoisotopic (exact) mass is 329 g/mol. The molecule has 8 nitrogen and oxygen atoms in total. The average molecular weight is 329 g/mol. The number of nitrogen functional groups attached to an aromatic ring is 1. The van der Waals surface area contributed by atoms with E-state index in [0.717, 1.165) is 43.1 Å². The molecule has 2 fully saturated rings. The summed E-state index contributed by atoms with van der Waals surface area (Å²) < 4.78 is 5.37. The standard InChI is InChI=1S/C16H23N7O/c1-23(8-13-20-15(24-22-13)9-3-2-4-9)14-7-12(19-16(18)21-14)10-5-11(17)6-10/h7,9-11H,2-6,8,17H2,1H3,(H2,18,19,21). The molecule has 0 atom stereocenters. The van der Waals surface area contributed by atoms with Gasteiger partial charge in [0.05, 0.1) is 12.2 Å². The van der Waals surface area contributed by atoms with Crippen molar-refractivity contribution in [2.75, 3.05) is 17.7 Å². The first-order valence-electron chi connectivity index (χ1n) is 8.52. The summed E-state index contributed by atoms with van der Waals surface area (Å²) in [6.07, 6.45) is 5.44. The molecule has 2 aromatic heterocycles. The third-order valence-electron chi connectivity index (χ3n) is 5.05. The molecular formula is C16H23N7O. The van der Waals surface area contributed by atoms with Crippen molar-refractivity contribution < 1.29 is 4.52 Å². The fraction of sp³-hybridized carbons (Fsp3) is 0.625. The van der Waals surface area contributed by atoms with Crippen molar-refractivity contribution in [3.63, 3.8) is 0 Å². The zero-order valence-electron chi connectivity index (χ0n) is 13.9. The summed E-state index contributed by atoms with van der Waals surface area (Å²) in [4.78, 5) is 15.2. The Balaban J connectivity index is 1.47. The minimum atomic E-state index is 0.275. The Labute approximate surface area is 140 Å². The third-order valence-corrected chi connectivity index (χ3v) is 5.05. The van der Waals surface area contributed by atoms with E-state index >= 15 is 0 Å². The molecule has 2 aliphatic carbocycles. The van der Waals surface area contributed by atoms with Crippen LogP contribution < -0.4 is 16.4 Å². The molecule has 0 bridgehead atoms. The second kappa shape index (κ2) is 6.01. The van der Waals surface area contributed by atoms with Crippen LogP contribution in [0.25, 0.3) is 0 Å². The van der Waals surface area contributed by atoms with Gasteiger partial charge in [0, 0.05) is 31.0 Å². The predicted molar refractivity (Wildman–Crippen MR) is 89.4 cm³/mol. The number of rotatable bonds is 5. The van der Waals surface area contributed by atoms with Crippen LogP contribution in [0.2, 0.25) is 0 Å². The van der Waals surface area contributed by atoms with Gasteiger partial charge in [-0.1, -0.05) is 11.6 Å². The zero-order valence-corrected chi connectivity index (χ0v) is 13.9. The molecule has 128 valence electrons. The molecule has 0 aliphatic heterocycles. The van der Waals surface area contributed by atoms with Crippen LogP contribution in [0.1, 0.15) is 61.3 Å². The maximum absolute atomic E-state index is 5.88. The summed E-state index contributed by atoms with van der Waals surface area (Å²) in [5.74, 6) is 3.32. The van der Waals surface area contributed by atoms with Gasteiger partial charge in [-0.25, -0.2) is 4.98 Å². The Hall–Kier alpha value is -2.22. The summed E-state index contributed by atoms with van der Waals surface area (Å²) >= 11 is 0. The number of hydrogen-bond acceptors (Lipinski definition) is 8. The largest absolute Gasteiger partial charge is 0.368 e. The Morgan fingerprint density at radius 3 is 2.67 bits per heavy atom. The molecule has 8 heteroatoms. The highest BCUT2D eigenvalue weighted by Crippen LogP contribution is 2.36. The van der Waals surface area contributed by atoms with Gasteiger partial charge in [-0.3, -0.25) is 0 Å². The first-order chi connectivity index (χ1) is 11.6. The van der Waals surface area contributed by atoms with E-state index < -0.39 is 0 Å². The topological polar surface area (TPSA) is 120 Å². The summed E-state index contributed by atoms with van der Waals surface area (Å²) in [7, 11) is 1.94. The molecule has 2 aromatic rings. The van der Waals surface area contributed by atoms with Crippen molar-refractivity contribution in [2.24, 2.45) is 5.73 Å². The lowest BCUT2D eigenvalue weighted by Crippen LogP contribution is -2.35.